The number of amides is 1. The Kier molecular flexibility index (Phi) is 7.16. The molecule has 0 aliphatic rings. The van der Waals surface area contributed by atoms with Gasteiger partial charge in [-0.25, -0.2) is 10.4 Å². The molecule has 0 saturated carbocycles. The molecule has 29 heavy (non-hydrogen) atoms. The number of rotatable bonds is 8. The van der Waals surface area contributed by atoms with Crippen LogP contribution in [-0.2, 0) is 16.1 Å². The van der Waals surface area contributed by atoms with Crippen LogP contribution in [0.2, 0.25) is 0 Å². The molecule has 0 atom stereocenters. The number of ether oxygens (including phenoxy) is 2. The topological polar surface area (TPSA) is 160 Å². The van der Waals surface area contributed by atoms with Gasteiger partial charge in [0.25, 0.3) is 5.91 Å². The Hall–Kier alpha value is -4.04. The van der Waals surface area contributed by atoms with Crippen LogP contribution in [0.4, 0.5) is 5.69 Å². The van der Waals surface area contributed by atoms with Gasteiger partial charge in [0.15, 0.2) is 12.4 Å². The maximum Gasteiger partial charge on any atom is 0.311 e. The average Bonchev–Trinajstić information content (AvgIpc) is 2.67. The van der Waals surface area contributed by atoms with Crippen LogP contribution in [0.3, 0.4) is 0 Å². The van der Waals surface area contributed by atoms with Crippen LogP contribution in [0.25, 0.3) is 0 Å². The summed E-state index contributed by atoms with van der Waals surface area (Å²) >= 11 is 0. The highest BCUT2D eigenvalue weighted by Crippen LogP contribution is 2.25. The highest BCUT2D eigenvalue weighted by molar-refractivity contribution is 5.84. The van der Waals surface area contributed by atoms with Gasteiger partial charge in [0, 0.05) is 30.0 Å². The second-order valence-electron chi connectivity index (χ2n) is 5.73. The number of nitrogens with zero attached hydrogens (tertiary/aromatic N) is 4. The van der Waals surface area contributed by atoms with Gasteiger partial charge in [0.1, 0.15) is 11.6 Å². The first-order valence-corrected chi connectivity index (χ1v) is 8.17. The summed E-state index contributed by atoms with van der Waals surface area (Å²) in [4.78, 5) is 26.1. The molecule has 11 heteroatoms. The summed E-state index contributed by atoms with van der Waals surface area (Å²) in [5.74, 6) is -1.10. The largest absolute Gasteiger partial charge is 0.502 e. The van der Waals surface area contributed by atoms with Crippen LogP contribution in [0.5, 0.6) is 11.6 Å². The second-order valence-corrected chi connectivity index (χ2v) is 5.73. The molecule has 0 radical (unpaired) electrons. The first kappa shape index (κ1) is 21.3. The molecule has 150 valence electrons. The van der Waals surface area contributed by atoms with E-state index in [2.05, 4.69) is 15.5 Å². The van der Waals surface area contributed by atoms with E-state index in [4.69, 9.17) is 9.47 Å². The van der Waals surface area contributed by atoms with E-state index in [0.717, 1.165) is 12.1 Å². The molecular formula is C18H17N5O6. The number of nitriles is 1. The lowest BCUT2D eigenvalue weighted by atomic mass is 10.1. The number of carbonyl (C=O) groups excluding carboxylic acids is 1. The SMILES string of the molecule is COCc1cc(C)nc(OCC(=O)NN=Cc2ccc(O)c([N+](=O)[O-])c2)c1C#N. The molecule has 1 amide bonds. The number of methoxy groups -OCH3 is 1. The molecule has 0 bridgehead atoms. The van der Waals surface area contributed by atoms with Gasteiger partial charge >= 0.3 is 5.69 Å². The fourth-order valence-corrected chi connectivity index (χ4v) is 2.32. The number of pyridine rings is 1. The third-order valence-electron chi connectivity index (χ3n) is 3.55. The van der Waals surface area contributed by atoms with Gasteiger partial charge in [-0.2, -0.15) is 10.4 Å². The fraction of sp³-hybridized carbons (Fsp3) is 0.222. The van der Waals surface area contributed by atoms with Gasteiger partial charge in [-0.1, -0.05) is 0 Å². The zero-order chi connectivity index (χ0) is 21.4. The van der Waals surface area contributed by atoms with Gasteiger partial charge in [-0.05, 0) is 25.1 Å². The van der Waals surface area contributed by atoms with Crippen LogP contribution in [-0.4, -0.2) is 40.9 Å². The number of aromatic nitrogens is 1. The van der Waals surface area contributed by atoms with Crippen LogP contribution in [0.15, 0.2) is 29.4 Å². The summed E-state index contributed by atoms with van der Waals surface area (Å²) in [6.07, 6.45) is 1.17. The lowest BCUT2D eigenvalue weighted by molar-refractivity contribution is -0.385. The molecule has 0 aliphatic heterocycles. The zero-order valence-corrected chi connectivity index (χ0v) is 15.6. The Balaban J connectivity index is 2.01. The third-order valence-corrected chi connectivity index (χ3v) is 3.55. The van der Waals surface area contributed by atoms with E-state index in [-0.39, 0.29) is 18.1 Å². The number of aromatic hydroxyl groups is 1. The smallest absolute Gasteiger partial charge is 0.311 e. The molecule has 11 nitrogen and oxygen atoms in total. The fourth-order valence-electron chi connectivity index (χ4n) is 2.32. The number of benzene rings is 1. The average molecular weight is 399 g/mol. The Morgan fingerprint density at radius 1 is 1.48 bits per heavy atom. The molecule has 1 aromatic heterocycles. The summed E-state index contributed by atoms with van der Waals surface area (Å²) in [7, 11) is 1.49. The molecule has 1 heterocycles. The highest BCUT2D eigenvalue weighted by Gasteiger charge is 2.15. The Morgan fingerprint density at radius 2 is 2.24 bits per heavy atom. The molecule has 0 fully saturated rings. The van der Waals surface area contributed by atoms with E-state index < -0.39 is 28.9 Å². The molecule has 1 aromatic carbocycles. The predicted molar refractivity (Wildman–Crippen MR) is 100 cm³/mol. The maximum absolute atomic E-state index is 11.9. The molecule has 0 aliphatic carbocycles. The summed E-state index contributed by atoms with van der Waals surface area (Å²) in [6, 6.07) is 7.31. The number of hydrogen-bond acceptors (Lipinski definition) is 9. The van der Waals surface area contributed by atoms with Crippen molar-refractivity contribution in [2.75, 3.05) is 13.7 Å². The summed E-state index contributed by atoms with van der Waals surface area (Å²) in [6.45, 7) is 1.46. The van der Waals surface area contributed by atoms with Gasteiger partial charge in [0.2, 0.25) is 5.88 Å². The van der Waals surface area contributed by atoms with Crippen molar-refractivity contribution in [3.05, 3.63) is 56.8 Å². The normalized spacial score (nSPS) is 10.5. The van der Waals surface area contributed by atoms with Crippen molar-refractivity contribution in [3.8, 4) is 17.7 Å². The summed E-state index contributed by atoms with van der Waals surface area (Å²) < 4.78 is 10.4. The minimum Gasteiger partial charge on any atom is -0.502 e. The second kappa shape index (κ2) is 9.77. The molecule has 0 spiro atoms. The van der Waals surface area contributed by atoms with Crippen molar-refractivity contribution in [1.82, 2.24) is 10.4 Å². The minimum atomic E-state index is -0.738. The number of nitrogens with one attached hydrogen (secondary N) is 1. The lowest BCUT2D eigenvalue weighted by Crippen LogP contribution is -2.25. The number of hydrazone groups is 1. The Labute approximate surface area is 165 Å². The van der Waals surface area contributed by atoms with Gasteiger partial charge in [-0.3, -0.25) is 14.9 Å². The number of nitro groups is 1. The van der Waals surface area contributed by atoms with E-state index in [1.165, 1.54) is 19.4 Å². The van der Waals surface area contributed by atoms with E-state index in [1.54, 1.807) is 13.0 Å². The lowest BCUT2D eigenvalue weighted by Gasteiger charge is -2.10. The molecule has 2 N–H and O–H groups in total. The van der Waals surface area contributed by atoms with E-state index >= 15 is 0 Å². The van der Waals surface area contributed by atoms with Crippen molar-refractivity contribution in [1.29, 1.82) is 5.26 Å². The number of nitro benzene ring substituents is 1. The molecule has 0 unspecified atom stereocenters. The van der Waals surface area contributed by atoms with E-state index in [0.29, 0.717) is 16.8 Å². The maximum atomic E-state index is 11.9. The number of hydrogen-bond donors (Lipinski definition) is 2. The van der Waals surface area contributed by atoms with E-state index in [9.17, 15) is 25.3 Å². The first-order chi connectivity index (χ1) is 13.8. The highest BCUT2D eigenvalue weighted by atomic mass is 16.6. The third kappa shape index (κ3) is 5.72. The van der Waals surface area contributed by atoms with Crippen molar-refractivity contribution in [2.24, 2.45) is 5.10 Å². The predicted octanol–water partition coefficient (Wildman–Crippen LogP) is 1.55. The summed E-state index contributed by atoms with van der Waals surface area (Å²) in [5.41, 5.74) is 3.37. The minimum absolute atomic E-state index is 0.00726. The van der Waals surface area contributed by atoms with Crippen LogP contribution >= 0.6 is 0 Å². The van der Waals surface area contributed by atoms with E-state index in [1.807, 2.05) is 6.07 Å². The quantitative estimate of drug-likeness (QED) is 0.384. The zero-order valence-electron chi connectivity index (χ0n) is 15.6. The van der Waals surface area contributed by atoms with Crippen molar-refractivity contribution in [3.63, 3.8) is 0 Å². The van der Waals surface area contributed by atoms with Crippen molar-refractivity contribution < 1.29 is 24.3 Å². The van der Waals surface area contributed by atoms with Crippen molar-refractivity contribution >= 4 is 17.8 Å². The van der Waals surface area contributed by atoms with Gasteiger partial charge < -0.3 is 14.6 Å². The standard InChI is InChI=1S/C18H17N5O6/c1-11-5-13(9-28-2)14(7-19)18(21-11)29-10-17(25)22-20-8-12-3-4-16(24)15(6-12)23(26)27/h3-6,8,24H,9-10H2,1-2H3,(H,22,25). The molecule has 2 rings (SSSR count). The molecule has 0 saturated heterocycles. The Bertz CT molecular complexity index is 999. The van der Waals surface area contributed by atoms with Crippen LogP contribution in [0.1, 0.15) is 22.4 Å². The van der Waals surface area contributed by atoms with Crippen LogP contribution < -0.4 is 10.2 Å². The van der Waals surface area contributed by atoms with Crippen LogP contribution in [0, 0.1) is 28.4 Å². The number of phenolic OH excluding ortho intramolecular Hbond substituents is 1. The number of carbonyl (C=O) groups is 1. The monoisotopic (exact) mass is 399 g/mol. The molecule has 2 aromatic rings. The van der Waals surface area contributed by atoms with Crippen molar-refractivity contribution in [2.45, 2.75) is 13.5 Å². The number of phenols is 1. The van der Waals surface area contributed by atoms with Gasteiger partial charge in [0.05, 0.1) is 17.7 Å². The summed E-state index contributed by atoms with van der Waals surface area (Å²) in [5, 5.41) is 33.2. The first-order valence-electron chi connectivity index (χ1n) is 8.17. The number of aryl methyl sites for hydroxylation is 1. The molecular weight excluding hydrogens is 382 g/mol. The Morgan fingerprint density at radius 3 is 2.90 bits per heavy atom. The van der Waals surface area contributed by atoms with Gasteiger partial charge in [-0.15, -0.1) is 0 Å².